The summed E-state index contributed by atoms with van der Waals surface area (Å²) in [6, 6.07) is -4.22. The summed E-state index contributed by atoms with van der Waals surface area (Å²) in [6.07, 6.45) is -0.560. The Morgan fingerprint density at radius 2 is 1.33 bits per heavy atom. The van der Waals surface area contributed by atoms with Crippen LogP contribution in [-0.4, -0.2) is 80.7 Å². The average Bonchev–Trinajstić information content (AvgIpc) is 2.61. The Hall–Kier alpha value is -2.74. The Kier molecular flexibility index (Phi) is 15.8. The maximum Gasteiger partial charge on any atom is 3.00 e. The maximum absolute atomic E-state index is 11.8. The van der Waals surface area contributed by atoms with Crippen molar-refractivity contribution in [3.05, 3.63) is 0 Å². The largest absolute Gasteiger partial charge is 3.00 e. The molecule has 30 heavy (non-hydrogen) atoms. The Morgan fingerprint density at radius 1 is 0.800 bits per heavy atom. The molecule has 4 amide bonds. The van der Waals surface area contributed by atoms with Gasteiger partial charge in [0, 0.05) is 19.4 Å². The summed E-state index contributed by atoms with van der Waals surface area (Å²) in [5.74, 6) is -5.63. The van der Waals surface area contributed by atoms with Crippen LogP contribution in [-0.2, 0) is 24.0 Å². The molecule has 0 aromatic rings. The second-order valence-electron chi connectivity index (χ2n) is 6.03. The number of nitrogens with one attached hydrogen (secondary N) is 4. The van der Waals surface area contributed by atoms with Gasteiger partial charge in [0.1, 0.15) is 0 Å². The van der Waals surface area contributed by atoms with Gasteiger partial charge in [0.15, 0.2) is 0 Å². The van der Waals surface area contributed by atoms with Crippen molar-refractivity contribution in [2.24, 2.45) is 0 Å². The van der Waals surface area contributed by atoms with E-state index in [4.69, 9.17) is 0 Å². The molecule has 4 N–H and O–H groups in total. The zero-order valence-corrected chi connectivity index (χ0v) is 18.8. The number of unbranched alkanes of at least 4 members (excludes halogenated alkanes) is 1. The van der Waals surface area contributed by atoms with E-state index in [0.29, 0.717) is 6.42 Å². The van der Waals surface area contributed by atoms with E-state index in [2.05, 4.69) is 10.6 Å². The molecule has 2 atom stereocenters. The number of carboxylic acids is 3. The van der Waals surface area contributed by atoms with Crippen LogP contribution in [0.2, 0.25) is 0 Å². The summed E-state index contributed by atoms with van der Waals surface area (Å²) in [4.78, 5) is 66.2. The fourth-order valence-corrected chi connectivity index (χ4v) is 2.09. The van der Waals surface area contributed by atoms with Crippen molar-refractivity contribution in [1.29, 1.82) is 0 Å². The summed E-state index contributed by atoms with van der Waals surface area (Å²) < 4.78 is 0. The third kappa shape index (κ3) is 15.2. The van der Waals surface area contributed by atoms with Crippen LogP contribution in [0.25, 0.3) is 0 Å². The minimum Gasteiger partial charge on any atom is -0.550 e. The van der Waals surface area contributed by atoms with E-state index in [1.807, 2.05) is 10.6 Å². The molecule has 0 aromatic heterocycles. The summed E-state index contributed by atoms with van der Waals surface area (Å²) >= 11 is 0. The first kappa shape index (κ1) is 29.5. The Labute approximate surface area is 185 Å². The maximum atomic E-state index is 11.8. The number of urea groups is 1. The van der Waals surface area contributed by atoms with Crippen molar-refractivity contribution in [2.75, 3.05) is 13.1 Å². The van der Waals surface area contributed by atoms with Gasteiger partial charge < -0.3 is 51.0 Å². The van der Waals surface area contributed by atoms with Gasteiger partial charge in [0.05, 0.1) is 30.6 Å². The Bertz CT molecular complexity index is 630. The first-order chi connectivity index (χ1) is 13.5. The van der Waals surface area contributed by atoms with Crippen LogP contribution >= 0.6 is 0 Å². The SMILES string of the molecule is CC(=O)NCC(=O)NCCCCC(NC(=O)NC(CCC(=O)[O-])C(=O)[O-])C(=O)[O-].[Ga+3]. The molecular formula is C16H23GaN4O9. The van der Waals surface area contributed by atoms with Crippen molar-refractivity contribution in [3.63, 3.8) is 0 Å². The molecule has 0 fully saturated rings. The number of carbonyl (C=O) groups is 6. The molecule has 2 unspecified atom stereocenters. The molecule has 0 saturated heterocycles. The van der Waals surface area contributed by atoms with Gasteiger partial charge in [-0.2, -0.15) is 0 Å². The molecule has 13 nitrogen and oxygen atoms in total. The van der Waals surface area contributed by atoms with Gasteiger partial charge in [-0.1, -0.05) is 0 Å². The van der Waals surface area contributed by atoms with E-state index >= 15 is 0 Å². The number of hydrogen-bond donors (Lipinski definition) is 4. The molecule has 0 aliphatic heterocycles. The summed E-state index contributed by atoms with van der Waals surface area (Å²) in [6.45, 7) is 1.28. The van der Waals surface area contributed by atoms with E-state index in [0.717, 1.165) is 0 Å². The van der Waals surface area contributed by atoms with Gasteiger partial charge in [-0.05, 0) is 32.1 Å². The molecule has 0 aliphatic rings. The van der Waals surface area contributed by atoms with Gasteiger partial charge >= 0.3 is 25.8 Å². The number of aliphatic carboxylic acids is 3. The number of amides is 4. The van der Waals surface area contributed by atoms with Crippen LogP contribution in [0, 0.1) is 0 Å². The van der Waals surface area contributed by atoms with E-state index < -0.39 is 54.8 Å². The molecule has 14 heteroatoms. The van der Waals surface area contributed by atoms with Gasteiger partial charge in [0.25, 0.3) is 0 Å². The third-order valence-electron chi connectivity index (χ3n) is 3.56. The molecule has 0 spiro atoms. The molecule has 0 bridgehead atoms. The smallest absolute Gasteiger partial charge is 0.550 e. The summed E-state index contributed by atoms with van der Waals surface area (Å²) in [7, 11) is 0. The van der Waals surface area contributed by atoms with Crippen molar-refractivity contribution in [1.82, 2.24) is 21.3 Å². The number of carboxylic acid groups (broad SMARTS) is 3. The Balaban J connectivity index is 0. The van der Waals surface area contributed by atoms with Crippen molar-refractivity contribution >= 4 is 55.5 Å². The number of hydrogen-bond acceptors (Lipinski definition) is 9. The second-order valence-corrected chi connectivity index (χ2v) is 6.03. The standard InChI is InChI=1S/C16H26N4O9.Ga/c1-9(21)18-8-12(22)17-7-3-2-4-10(14(25)26)19-16(29)20-11(15(27)28)5-6-13(23)24;/h10-11H,2-8H2,1H3,(H,17,22)(H,18,21)(H,23,24)(H,25,26)(H,27,28)(H2,19,20,29);/q;+3/p-3. The molecule has 0 rings (SSSR count). The zero-order chi connectivity index (χ0) is 22.4. The topological polar surface area (TPSA) is 220 Å². The predicted octanol–water partition coefficient (Wildman–Crippen LogP) is -5.91. The van der Waals surface area contributed by atoms with Crippen molar-refractivity contribution in [3.8, 4) is 0 Å². The molecule has 0 radical (unpaired) electrons. The van der Waals surface area contributed by atoms with Gasteiger partial charge in [-0.15, -0.1) is 0 Å². The van der Waals surface area contributed by atoms with Crippen LogP contribution in [0.15, 0.2) is 0 Å². The van der Waals surface area contributed by atoms with Crippen LogP contribution in [0.5, 0.6) is 0 Å². The minimum absolute atomic E-state index is 0. The number of carbonyl (C=O) groups excluding carboxylic acids is 6. The predicted molar refractivity (Wildman–Crippen MR) is 94.8 cm³/mol. The molecule has 0 saturated carbocycles. The molecular weight excluding hydrogens is 462 g/mol. The fraction of sp³-hybridized carbons (Fsp3) is 0.625. The van der Waals surface area contributed by atoms with Crippen LogP contribution in [0.4, 0.5) is 4.79 Å². The summed E-state index contributed by atoms with van der Waals surface area (Å²) in [5, 5.41) is 41.1. The second kappa shape index (κ2) is 16.1. The van der Waals surface area contributed by atoms with Gasteiger partial charge in [-0.3, -0.25) is 9.59 Å². The van der Waals surface area contributed by atoms with Crippen LogP contribution in [0.1, 0.15) is 39.0 Å². The van der Waals surface area contributed by atoms with Crippen molar-refractivity contribution in [2.45, 2.75) is 51.1 Å². The van der Waals surface area contributed by atoms with Crippen LogP contribution in [0.3, 0.4) is 0 Å². The van der Waals surface area contributed by atoms with E-state index in [-0.39, 0.29) is 51.6 Å². The quantitative estimate of drug-likeness (QED) is 0.136. The minimum atomic E-state index is -1.73. The molecule has 0 aromatic carbocycles. The molecule has 0 aliphatic carbocycles. The van der Waals surface area contributed by atoms with E-state index in [9.17, 15) is 44.1 Å². The van der Waals surface area contributed by atoms with Gasteiger partial charge in [-0.25, -0.2) is 4.79 Å². The number of rotatable bonds is 14. The van der Waals surface area contributed by atoms with Gasteiger partial charge in [0.2, 0.25) is 11.8 Å². The summed E-state index contributed by atoms with van der Waals surface area (Å²) in [5.41, 5.74) is 0. The van der Waals surface area contributed by atoms with Crippen LogP contribution < -0.4 is 36.6 Å². The van der Waals surface area contributed by atoms with E-state index in [1.165, 1.54) is 6.92 Å². The third-order valence-corrected chi connectivity index (χ3v) is 3.56. The van der Waals surface area contributed by atoms with E-state index in [1.54, 1.807) is 0 Å². The Morgan fingerprint density at radius 3 is 1.80 bits per heavy atom. The first-order valence-corrected chi connectivity index (χ1v) is 8.72. The first-order valence-electron chi connectivity index (χ1n) is 8.72. The zero-order valence-electron chi connectivity index (χ0n) is 16.4. The molecule has 164 valence electrons. The van der Waals surface area contributed by atoms with Crippen molar-refractivity contribution < 1.29 is 44.1 Å². The molecule has 0 heterocycles. The normalized spacial score (nSPS) is 11.8. The average molecular weight is 485 g/mol. The monoisotopic (exact) mass is 484 g/mol. The fourth-order valence-electron chi connectivity index (χ4n) is 2.09.